The molecular weight excluding hydrogens is 511 g/mol. The van der Waals surface area contributed by atoms with Gasteiger partial charge in [-0.25, -0.2) is 9.18 Å². The zero-order chi connectivity index (χ0) is 26.4. The molecule has 0 bridgehead atoms. The quantitative estimate of drug-likeness (QED) is 0.453. The number of rotatable bonds is 8. The number of carbonyl (C=O) groups excluding carboxylic acids is 2. The van der Waals surface area contributed by atoms with Gasteiger partial charge in [0.25, 0.3) is 5.56 Å². The van der Waals surface area contributed by atoms with Gasteiger partial charge < -0.3 is 19.7 Å². The predicted octanol–water partition coefficient (Wildman–Crippen LogP) is 3.34. The van der Waals surface area contributed by atoms with E-state index in [9.17, 15) is 23.9 Å². The lowest BCUT2D eigenvalue weighted by atomic mass is 10.0. The molecule has 2 N–H and O–H groups in total. The summed E-state index contributed by atoms with van der Waals surface area (Å²) >= 11 is 1.46. The summed E-state index contributed by atoms with van der Waals surface area (Å²) in [7, 11) is 0. The summed E-state index contributed by atoms with van der Waals surface area (Å²) in [6.45, 7) is 1.49. The van der Waals surface area contributed by atoms with E-state index < -0.39 is 6.09 Å². The second-order valence-corrected chi connectivity index (χ2v) is 10.7. The molecule has 0 aliphatic carbocycles. The topological polar surface area (TPSA) is 104 Å². The lowest BCUT2D eigenvalue weighted by Crippen LogP contribution is -2.34. The first kappa shape index (κ1) is 24.9. The highest BCUT2D eigenvalue weighted by Gasteiger charge is 2.35. The molecule has 2 atom stereocenters. The number of thioether (sulfide) groups is 1. The van der Waals surface area contributed by atoms with Gasteiger partial charge in [-0.1, -0.05) is 0 Å². The van der Waals surface area contributed by atoms with Crippen LogP contribution in [0.3, 0.4) is 0 Å². The minimum Gasteiger partial charge on any atom is -0.444 e. The summed E-state index contributed by atoms with van der Waals surface area (Å²) < 4.78 is 22.2. The van der Waals surface area contributed by atoms with Gasteiger partial charge in [-0.15, -0.1) is 11.8 Å². The Labute approximate surface area is 222 Å². The van der Waals surface area contributed by atoms with Gasteiger partial charge in [0.15, 0.2) is 0 Å². The van der Waals surface area contributed by atoms with Crippen LogP contribution in [-0.2, 0) is 16.1 Å². The van der Waals surface area contributed by atoms with E-state index in [4.69, 9.17) is 4.74 Å². The molecule has 9 nitrogen and oxygen atoms in total. The predicted molar refractivity (Wildman–Crippen MR) is 142 cm³/mol. The molecule has 3 aromatic rings. The fourth-order valence-corrected chi connectivity index (χ4v) is 6.44. The lowest BCUT2D eigenvalue weighted by Gasteiger charge is -2.29. The zero-order valence-electron chi connectivity index (χ0n) is 20.6. The molecule has 1 saturated heterocycles. The van der Waals surface area contributed by atoms with Crippen molar-refractivity contribution < 1.29 is 23.8 Å². The van der Waals surface area contributed by atoms with Crippen molar-refractivity contribution in [3.63, 3.8) is 0 Å². The number of hydrogen-bond acceptors (Lipinski definition) is 7. The number of hydrogen-bond donors (Lipinski definition) is 2. The minimum atomic E-state index is -0.434. The monoisotopic (exact) mass is 538 g/mol. The Hall–Kier alpha value is -3.41. The van der Waals surface area contributed by atoms with Gasteiger partial charge in [0, 0.05) is 35.3 Å². The van der Waals surface area contributed by atoms with E-state index in [1.165, 1.54) is 23.9 Å². The van der Waals surface area contributed by atoms with E-state index in [0.717, 1.165) is 10.3 Å². The number of aromatic nitrogens is 1. The van der Waals surface area contributed by atoms with Crippen LogP contribution in [0.25, 0.3) is 10.9 Å². The molecule has 3 aliphatic rings. The van der Waals surface area contributed by atoms with Crippen LogP contribution in [0, 0.1) is 5.82 Å². The van der Waals surface area contributed by atoms with Gasteiger partial charge in [0.05, 0.1) is 36.2 Å². The van der Waals surface area contributed by atoms with E-state index in [1.54, 1.807) is 27.7 Å². The third kappa shape index (κ3) is 4.44. The third-order valence-electron chi connectivity index (χ3n) is 7.41. The van der Waals surface area contributed by atoms with Gasteiger partial charge in [-0.2, -0.15) is 0 Å². The lowest BCUT2D eigenvalue weighted by molar-refractivity contribution is -0.113. The maximum Gasteiger partial charge on any atom is 0.414 e. The molecule has 4 heterocycles. The van der Waals surface area contributed by atoms with Crippen LogP contribution in [0.1, 0.15) is 24.4 Å². The Morgan fingerprint density at radius 2 is 1.95 bits per heavy atom. The maximum absolute atomic E-state index is 15.0. The Kier molecular flexibility index (Phi) is 6.58. The number of fused-ring (bicyclic) bond motifs is 1. The zero-order valence-corrected chi connectivity index (χ0v) is 21.4. The first-order valence-electron chi connectivity index (χ1n) is 12.6. The molecule has 0 saturated carbocycles. The minimum absolute atomic E-state index is 0.0692. The second-order valence-electron chi connectivity index (χ2n) is 9.73. The van der Waals surface area contributed by atoms with E-state index in [-0.39, 0.29) is 36.0 Å². The molecular formula is C27H27FN4O5S. The van der Waals surface area contributed by atoms with Crippen LogP contribution in [0.2, 0.25) is 0 Å². The molecule has 0 radical (unpaired) electrons. The fourth-order valence-electron chi connectivity index (χ4n) is 5.65. The number of aliphatic hydroxyl groups excluding tert-OH is 1. The van der Waals surface area contributed by atoms with Gasteiger partial charge in [0.2, 0.25) is 5.91 Å². The van der Waals surface area contributed by atoms with Crippen molar-refractivity contribution in [3.05, 3.63) is 64.2 Å². The average Bonchev–Trinajstić information content (AvgIpc) is 3.49. The van der Waals surface area contributed by atoms with Crippen molar-refractivity contribution in [3.8, 4) is 0 Å². The normalized spacial score (nSPS) is 20.2. The molecule has 11 heteroatoms. The molecule has 3 aliphatic heterocycles. The van der Waals surface area contributed by atoms with Crippen molar-refractivity contribution in [2.24, 2.45) is 0 Å². The van der Waals surface area contributed by atoms with Crippen LogP contribution >= 0.6 is 11.8 Å². The summed E-state index contributed by atoms with van der Waals surface area (Å²) in [6, 6.07) is 11.5. The number of benzene rings is 2. The van der Waals surface area contributed by atoms with Crippen molar-refractivity contribution >= 4 is 46.0 Å². The van der Waals surface area contributed by atoms with Crippen LogP contribution in [0.4, 0.5) is 20.6 Å². The van der Waals surface area contributed by atoms with E-state index >= 15 is 0 Å². The molecule has 1 fully saturated rings. The number of aliphatic hydroxyl groups is 1. The summed E-state index contributed by atoms with van der Waals surface area (Å²) in [5, 5.41) is 13.4. The van der Waals surface area contributed by atoms with Gasteiger partial charge in [0.1, 0.15) is 11.9 Å². The number of ether oxygens (including phenoxy) is 1. The van der Waals surface area contributed by atoms with Crippen molar-refractivity contribution in [2.45, 2.75) is 36.4 Å². The molecule has 2 amide bonds. The number of halogens is 1. The Morgan fingerprint density at radius 3 is 2.79 bits per heavy atom. The number of nitrogens with one attached hydrogen (secondary N) is 1. The van der Waals surface area contributed by atoms with Crippen LogP contribution in [0.5, 0.6) is 0 Å². The summed E-state index contributed by atoms with van der Waals surface area (Å²) in [4.78, 5) is 41.4. The van der Waals surface area contributed by atoms with Gasteiger partial charge >= 0.3 is 6.09 Å². The number of cyclic esters (lactones) is 1. The van der Waals surface area contributed by atoms with Crippen molar-refractivity contribution in [1.29, 1.82) is 0 Å². The molecule has 38 heavy (non-hydrogen) atoms. The highest BCUT2D eigenvalue weighted by molar-refractivity contribution is 8.00. The largest absolute Gasteiger partial charge is 0.444 e. The van der Waals surface area contributed by atoms with Gasteiger partial charge in [-0.3, -0.25) is 19.4 Å². The Balaban J connectivity index is 1.12. The van der Waals surface area contributed by atoms with Crippen LogP contribution in [0.15, 0.2) is 52.2 Å². The molecule has 6 rings (SSSR count). The molecule has 1 unspecified atom stereocenters. The highest BCUT2D eigenvalue weighted by atomic mass is 32.2. The van der Waals surface area contributed by atoms with Gasteiger partial charge in [-0.05, 0) is 61.2 Å². The summed E-state index contributed by atoms with van der Waals surface area (Å²) in [5.74, 6) is -0.0542. The fraction of sp³-hybridized carbons (Fsp3) is 0.370. The number of pyridine rings is 1. The summed E-state index contributed by atoms with van der Waals surface area (Å²) in [6.07, 6.45) is 0.495. The smallest absolute Gasteiger partial charge is 0.414 e. The van der Waals surface area contributed by atoms with E-state index in [2.05, 4.69) is 5.32 Å². The SMILES string of the molecule is O=C1CSc2ccc(N3C[C@@H](CCCN(CCO)C4Cn5c(=O)ccc6ccc(F)c4c65)OC3=O)cc2N1. The van der Waals surface area contributed by atoms with Crippen molar-refractivity contribution in [2.75, 3.05) is 42.2 Å². The molecule has 2 aromatic carbocycles. The Bertz CT molecular complexity index is 1490. The number of carbonyl (C=O) groups is 2. The summed E-state index contributed by atoms with van der Waals surface area (Å²) in [5.41, 5.74) is 2.29. The second kappa shape index (κ2) is 10.0. The number of anilines is 2. The highest BCUT2D eigenvalue weighted by Crippen LogP contribution is 2.38. The van der Waals surface area contributed by atoms with Crippen LogP contribution in [-0.4, -0.2) is 64.7 Å². The first-order chi connectivity index (χ1) is 18.4. The standard InChI is InChI=1S/C27H27FN4O5S/c28-19-6-3-16-4-8-24(35)32-14-21(25(19)26(16)32)30(10-11-33)9-1-2-18-13-31(27(36)37-18)17-5-7-22-20(12-17)29-23(34)15-38-22/h3-8,12,18,21,33H,1-2,9-11,13-15H2,(H,29,34)/t18-,21?/m1/s1. The van der Waals surface area contributed by atoms with E-state index in [0.29, 0.717) is 67.2 Å². The Morgan fingerprint density at radius 1 is 1.11 bits per heavy atom. The molecule has 198 valence electrons. The van der Waals surface area contributed by atoms with Crippen LogP contribution < -0.4 is 15.8 Å². The van der Waals surface area contributed by atoms with Crippen molar-refractivity contribution in [1.82, 2.24) is 9.47 Å². The number of amides is 2. The first-order valence-corrected chi connectivity index (χ1v) is 13.6. The maximum atomic E-state index is 15.0. The number of nitrogens with zero attached hydrogens (tertiary/aromatic N) is 3. The molecule has 0 spiro atoms. The van der Waals surface area contributed by atoms with E-state index in [1.807, 2.05) is 17.0 Å². The average molecular weight is 539 g/mol. The molecule has 1 aromatic heterocycles. The third-order valence-corrected chi connectivity index (χ3v) is 8.48.